The lowest BCUT2D eigenvalue weighted by molar-refractivity contribution is 0.200. The third-order valence-corrected chi connectivity index (χ3v) is 6.95. The molecule has 2 N–H and O–H groups in total. The zero-order valence-electron chi connectivity index (χ0n) is 21.4. The van der Waals surface area contributed by atoms with Gasteiger partial charge in [-0.05, 0) is 66.1 Å². The molecule has 0 bridgehead atoms. The Morgan fingerprint density at radius 2 is 1.97 bits per heavy atom. The summed E-state index contributed by atoms with van der Waals surface area (Å²) in [4.78, 5) is 26.2. The second-order valence-corrected chi connectivity index (χ2v) is 9.97. The van der Waals surface area contributed by atoms with Crippen molar-refractivity contribution >= 4 is 34.0 Å². The van der Waals surface area contributed by atoms with Crippen LogP contribution in [-0.4, -0.2) is 51.6 Å². The van der Waals surface area contributed by atoms with Gasteiger partial charge in [-0.25, -0.2) is 4.79 Å². The Hall–Kier alpha value is -3.72. The summed E-state index contributed by atoms with van der Waals surface area (Å²) in [6, 6.07) is 13.9. The van der Waals surface area contributed by atoms with E-state index in [2.05, 4.69) is 52.1 Å². The van der Waals surface area contributed by atoms with Gasteiger partial charge in [0.1, 0.15) is 10.8 Å². The van der Waals surface area contributed by atoms with E-state index in [1.165, 1.54) is 4.90 Å². The molecule has 0 aliphatic heterocycles. The monoisotopic (exact) mass is 505 g/mol. The summed E-state index contributed by atoms with van der Waals surface area (Å²) in [6.07, 6.45) is 1.54. The van der Waals surface area contributed by atoms with E-state index in [1.54, 1.807) is 14.1 Å². The highest BCUT2D eigenvalue weighted by Crippen LogP contribution is 2.43. The number of aryl methyl sites for hydroxylation is 1. The number of hydrogen-bond acceptors (Lipinski definition) is 5. The van der Waals surface area contributed by atoms with E-state index in [0.717, 1.165) is 50.6 Å². The molecule has 8 nitrogen and oxygen atoms in total. The summed E-state index contributed by atoms with van der Waals surface area (Å²) < 4.78 is 7.63. The molecule has 0 aliphatic rings. The standard InChI is InChI=1S/C27H31N5O3S/c1-7-28-26(33)35-22-12-11-17(15-20(22)16(2)3)24-23(25(30-29-24)36-27(34)31(4)5)19-9-8-10-21-18(19)13-14-32(21)6/h8-16H,7H2,1-6H3,(H,28,33)(H,29,30). The summed E-state index contributed by atoms with van der Waals surface area (Å²) in [5.74, 6) is 0.630. The number of carbonyl (C=O) groups is 2. The minimum Gasteiger partial charge on any atom is -0.410 e. The molecule has 0 saturated carbocycles. The molecule has 0 unspecified atom stereocenters. The van der Waals surface area contributed by atoms with Gasteiger partial charge >= 0.3 is 6.09 Å². The Bertz CT molecular complexity index is 1420. The second-order valence-electron chi connectivity index (χ2n) is 9.03. The lowest BCUT2D eigenvalue weighted by Gasteiger charge is -2.15. The Labute approximate surface area is 215 Å². The summed E-state index contributed by atoms with van der Waals surface area (Å²) in [5, 5.41) is 12.0. The topological polar surface area (TPSA) is 92.2 Å². The van der Waals surface area contributed by atoms with Crippen LogP contribution in [0.4, 0.5) is 9.59 Å². The summed E-state index contributed by atoms with van der Waals surface area (Å²) in [6.45, 7) is 6.44. The highest BCUT2D eigenvalue weighted by Gasteiger charge is 2.23. The van der Waals surface area contributed by atoms with Gasteiger partial charge in [0.05, 0.1) is 5.69 Å². The molecule has 0 aliphatic carbocycles. The molecule has 0 radical (unpaired) electrons. The molecule has 4 aromatic rings. The van der Waals surface area contributed by atoms with Gasteiger partial charge in [-0.15, -0.1) is 0 Å². The number of rotatable bonds is 6. The molecule has 2 amide bonds. The fourth-order valence-electron chi connectivity index (χ4n) is 4.08. The van der Waals surface area contributed by atoms with Crippen LogP contribution in [0.25, 0.3) is 33.3 Å². The Morgan fingerprint density at radius 1 is 1.19 bits per heavy atom. The van der Waals surface area contributed by atoms with Crippen LogP contribution in [0.1, 0.15) is 32.3 Å². The van der Waals surface area contributed by atoms with Crippen LogP contribution in [0.2, 0.25) is 0 Å². The van der Waals surface area contributed by atoms with Crippen molar-refractivity contribution in [3.63, 3.8) is 0 Å². The lowest BCUT2D eigenvalue weighted by atomic mass is 9.95. The average molecular weight is 506 g/mol. The summed E-state index contributed by atoms with van der Waals surface area (Å²) in [5.41, 5.74) is 5.52. The number of benzene rings is 2. The zero-order chi connectivity index (χ0) is 26.0. The first-order valence-electron chi connectivity index (χ1n) is 11.8. The fourth-order valence-corrected chi connectivity index (χ4v) is 4.83. The van der Waals surface area contributed by atoms with Gasteiger partial charge in [-0.1, -0.05) is 26.0 Å². The van der Waals surface area contributed by atoms with Crippen LogP contribution in [0.5, 0.6) is 5.75 Å². The van der Waals surface area contributed by atoms with E-state index in [9.17, 15) is 9.59 Å². The van der Waals surface area contributed by atoms with Crippen LogP contribution in [0, 0.1) is 0 Å². The van der Waals surface area contributed by atoms with Crippen molar-refractivity contribution in [3.8, 4) is 28.1 Å². The number of H-pyrrole nitrogens is 1. The van der Waals surface area contributed by atoms with Crippen LogP contribution in [-0.2, 0) is 7.05 Å². The molecule has 2 aromatic heterocycles. The van der Waals surface area contributed by atoms with Gasteiger partial charge in [0.25, 0.3) is 5.24 Å². The largest absolute Gasteiger partial charge is 0.412 e. The highest BCUT2D eigenvalue weighted by atomic mass is 32.2. The quantitative estimate of drug-likeness (QED) is 0.303. The Morgan fingerprint density at radius 3 is 2.67 bits per heavy atom. The van der Waals surface area contributed by atoms with Gasteiger partial charge in [0.15, 0.2) is 0 Å². The van der Waals surface area contributed by atoms with E-state index in [-0.39, 0.29) is 11.2 Å². The zero-order valence-corrected chi connectivity index (χ0v) is 22.2. The molecule has 2 heterocycles. The fraction of sp³-hybridized carbons (Fsp3) is 0.296. The molecular weight excluding hydrogens is 474 g/mol. The van der Waals surface area contributed by atoms with Crippen LogP contribution >= 0.6 is 11.8 Å². The third kappa shape index (κ3) is 4.97. The summed E-state index contributed by atoms with van der Waals surface area (Å²) in [7, 11) is 5.46. The molecule has 2 aromatic carbocycles. The van der Waals surface area contributed by atoms with Gasteiger partial charge in [-0.3, -0.25) is 9.89 Å². The van der Waals surface area contributed by atoms with Gasteiger partial charge in [0, 0.05) is 55.9 Å². The first kappa shape index (κ1) is 25.4. The number of aromatic nitrogens is 3. The van der Waals surface area contributed by atoms with Crippen molar-refractivity contribution in [1.29, 1.82) is 0 Å². The number of hydrogen-bond donors (Lipinski definition) is 2. The van der Waals surface area contributed by atoms with E-state index >= 15 is 0 Å². The molecule has 0 atom stereocenters. The highest BCUT2D eigenvalue weighted by molar-refractivity contribution is 8.13. The second kappa shape index (κ2) is 10.5. The Kier molecular flexibility index (Phi) is 7.40. The van der Waals surface area contributed by atoms with Crippen LogP contribution in [0.15, 0.2) is 53.7 Å². The predicted octanol–water partition coefficient (Wildman–Crippen LogP) is 6.24. The number of aromatic amines is 1. The number of amides is 2. The summed E-state index contributed by atoms with van der Waals surface area (Å²) >= 11 is 1.09. The molecule has 188 valence electrons. The van der Waals surface area contributed by atoms with Crippen LogP contribution in [0.3, 0.4) is 0 Å². The van der Waals surface area contributed by atoms with Gasteiger partial charge in [-0.2, -0.15) is 5.10 Å². The van der Waals surface area contributed by atoms with Crippen molar-refractivity contribution in [2.45, 2.75) is 31.7 Å². The molecule has 36 heavy (non-hydrogen) atoms. The first-order chi connectivity index (χ1) is 17.2. The maximum absolute atomic E-state index is 12.6. The molecule has 0 saturated heterocycles. The number of carbonyl (C=O) groups excluding carboxylic acids is 2. The van der Waals surface area contributed by atoms with Crippen molar-refractivity contribution in [2.75, 3.05) is 20.6 Å². The molecule has 0 fully saturated rings. The van der Waals surface area contributed by atoms with Gasteiger partial charge in [0.2, 0.25) is 0 Å². The van der Waals surface area contributed by atoms with E-state index < -0.39 is 6.09 Å². The first-order valence-corrected chi connectivity index (χ1v) is 12.6. The predicted molar refractivity (Wildman–Crippen MR) is 145 cm³/mol. The number of thioether (sulfide) groups is 1. The molecule has 0 spiro atoms. The minimum atomic E-state index is -0.481. The number of fused-ring (bicyclic) bond motifs is 1. The average Bonchev–Trinajstić information content (AvgIpc) is 3.43. The maximum atomic E-state index is 12.6. The maximum Gasteiger partial charge on any atom is 0.412 e. The molecule has 4 rings (SSSR count). The molecular formula is C27H31N5O3S. The van der Waals surface area contributed by atoms with Crippen LogP contribution < -0.4 is 10.1 Å². The Balaban J connectivity index is 1.89. The number of nitrogens with zero attached hydrogens (tertiary/aromatic N) is 3. The number of nitrogens with one attached hydrogen (secondary N) is 2. The van der Waals surface area contributed by atoms with Crippen molar-refractivity contribution in [3.05, 3.63) is 54.2 Å². The number of ether oxygens (including phenoxy) is 1. The van der Waals surface area contributed by atoms with Crippen molar-refractivity contribution in [2.24, 2.45) is 7.05 Å². The van der Waals surface area contributed by atoms with Crippen molar-refractivity contribution in [1.82, 2.24) is 25.0 Å². The smallest absolute Gasteiger partial charge is 0.410 e. The third-order valence-electron chi connectivity index (χ3n) is 5.92. The van der Waals surface area contributed by atoms with Gasteiger partial charge < -0.3 is 19.5 Å². The lowest BCUT2D eigenvalue weighted by Crippen LogP contribution is -2.26. The minimum absolute atomic E-state index is 0.108. The normalized spacial score (nSPS) is 11.2. The SMILES string of the molecule is CCNC(=O)Oc1ccc(-c2[nH]nc(SC(=O)N(C)C)c2-c2cccc3c2ccn3C)cc1C(C)C. The van der Waals surface area contributed by atoms with Crippen molar-refractivity contribution < 1.29 is 14.3 Å². The van der Waals surface area contributed by atoms with E-state index in [4.69, 9.17) is 4.74 Å². The van der Waals surface area contributed by atoms with E-state index in [0.29, 0.717) is 17.3 Å². The van der Waals surface area contributed by atoms with E-state index in [1.807, 2.05) is 44.4 Å². The molecule has 9 heteroatoms.